The Hall–Kier alpha value is -1.26. The van der Waals surface area contributed by atoms with Crippen molar-refractivity contribution in [1.29, 1.82) is 0 Å². The third-order valence-electron chi connectivity index (χ3n) is 2.44. The molecular weight excluding hydrogens is 230 g/mol. The van der Waals surface area contributed by atoms with Crippen LogP contribution in [0, 0.1) is 18.6 Å². The molecule has 0 radical (unpaired) electrons. The van der Waals surface area contributed by atoms with Crippen LogP contribution in [0.15, 0.2) is 29.0 Å². The average Bonchev–Trinajstić information content (AvgIpc) is 2.67. The topological polar surface area (TPSA) is 20.2 Å². The van der Waals surface area contributed by atoms with Gasteiger partial charge in [-0.05, 0) is 47.0 Å². The van der Waals surface area contributed by atoms with E-state index >= 15 is 0 Å². The predicted octanol–water partition coefficient (Wildman–Crippen LogP) is 3.42. The van der Waals surface area contributed by atoms with Gasteiger partial charge in [0.05, 0.1) is 0 Å². The normalized spacial score (nSPS) is 12.8. The fourth-order valence-corrected chi connectivity index (χ4v) is 2.41. The van der Waals surface area contributed by atoms with Gasteiger partial charge >= 0.3 is 0 Å². The highest BCUT2D eigenvalue weighted by Crippen LogP contribution is 2.29. The number of halogens is 2. The molecular formula is C12H10F2OS. The second-order valence-corrected chi connectivity index (χ2v) is 4.32. The molecule has 1 unspecified atom stereocenters. The van der Waals surface area contributed by atoms with Gasteiger partial charge in [-0.2, -0.15) is 11.3 Å². The molecule has 0 bridgehead atoms. The zero-order chi connectivity index (χ0) is 11.7. The summed E-state index contributed by atoms with van der Waals surface area (Å²) in [6.45, 7) is 1.83. The Bertz CT molecular complexity index is 507. The van der Waals surface area contributed by atoms with Gasteiger partial charge in [0, 0.05) is 5.56 Å². The summed E-state index contributed by atoms with van der Waals surface area (Å²) in [7, 11) is 0. The lowest BCUT2D eigenvalue weighted by Crippen LogP contribution is -2.03. The van der Waals surface area contributed by atoms with E-state index in [9.17, 15) is 13.9 Å². The third-order valence-corrected chi connectivity index (χ3v) is 3.32. The van der Waals surface area contributed by atoms with Crippen molar-refractivity contribution in [3.8, 4) is 0 Å². The average molecular weight is 240 g/mol. The summed E-state index contributed by atoms with van der Waals surface area (Å²) < 4.78 is 26.4. The van der Waals surface area contributed by atoms with Crippen LogP contribution in [0.3, 0.4) is 0 Å². The van der Waals surface area contributed by atoms with Crippen molar-refractivity contribution in [1.82, 2.24) is 0 Å². The van der Waals surface area contributed by atoms with E-state index in [0.717, 1.165) is 23.8 Å². The highest BCUT2D eigenvalue weighted by molar-refractivity contribution is 7.08. The molecule has 1 aromatic heterocycles. The molecule has 0 saturated carbocycles. The second-order valence-electron chi connectivity index (χ2n) is 3.58. The van der Waals surface area contributed by atoms with Crippen LogP contribution in [-0.4, -0.2) is 5.11 Å². The summed E-state index contributed by atoms with van der Waals surface area (Å²) in [6, 6.07) is 3.08. The van der Waals surface area contributed by atoms with Gasteiger partial charge in [-0.3, -0.25) is 0 Å². The Kier molecular flexibility index (Phi) is 3.03. The number of thiophene rings is 1. The molecule has 0 aliphatic rings. The highest BCUT2D eigenvalue weighted by atomic mass is 32.1. The Morgan fingerprint density at radius 3 is 2.56 bits per heavy atom. The lowest BCUT2D eigenvalue weighted by atomic mass is 10.0. The molecule has 1 N–H and O–H groups in total. The first-order valence-corrected chi connectivity index (χ1v) is 5.69. The molecule has 0 spiro atoms. The highest BCUT2D eigenvalue weighted by Gasteiger charge is 2.18. The van der Waals surface area contributed by atoms with E-state index in [4.69, 9.17) is 0 Å². The second kappa shape index (κ2) is 4.31. The summed E-state index contributed by atoms with van der Waals surface area (Å²) in [6.07, 6.45) is -1.11. The zero-order valence-electron chi connectivity index (χ0n) is 8.58. The molecule has 0 amide bonds. The van der Waals surface area contributed by atoms with E-state index in [1.807, 2.05) is 12.3 Å². The molecule has 1 nitrogen and oxygen atoms in total. The SMILES string of the molecule is Cc1cscc1C(O)c1cc(F)ccc1F. The maximum absolute atomic E-state index is 13.4. The molecule has 0 saturated heterocycles. The van der Waals surface area contributed by atoms with Gasteiger partial charge in [-0.25, -0.2) is 8.78 Å². The molecule has 2 aromatic rings. The lowest BCUT2D eigenvalue weighted by Gasteiger charge is -2.11. The van der Waals surface area contributed by atoms with Crippen LogP contribution in [0.2, 0.25) is 0 Å². The number of hydrogen-bond acceptors (Lipinski definition) is 2. The standard InChI is InChI=1S/C12H10F2OS/c1-7-5-16-6-10(7)12(15)9-4-8(13)2-3-11(9)14/h2-6,12,15H,1H3. The van der Waals surface area contributed by atoms with Crippen molar-refractivity contribution < 1.29 is 13.9 Å². The quantitative estimate of drug-likeness (QED) is 0.852. The molecule has 1 aromatic carbocycles. The van der Waals surface area contributed by atoms with Gasteiger partial charge in [0.1, 0.15) is 17.7 Å². The molecule has 1 heterocycles. The minimum Gasteiger partial charge on any atom is -0.384 e. The van der Waals surface area contributed by atoms with Crippen molar-refractivity contribution in [2.45, 2.75) is 13.0 Å². The Labute approximate surface area is 96.0 Å². The number of aliphatic hydroxyl groups is 1. The van der Waals surface area contributed by atoms with Gasteiger partial charge in [-0.15, -0.1) is 0 Å². The largest absolute Gasteiger partial charge is 0.384 e. The van der Waals surface area contributed by atoms with E-state index in [1.165, 1.54) is 11.3 Å². The van der Waals surface area contributed by atoms with E-state index < -0.39 is 17.7 Å². The molecule has 0 aliphatic heterocycles. The third kappa shape index (κ3) is 1.99. The van der Waals surface area contributed by atoms with Crippen LogP contribution in [0.1, 0.15) is 22.8 Å². The Morgan fingerprint density at radius 2 is 1.94 bits per heavy atom. The van der Waals surface area contributed by atoms with E-state index in [-0.39, 0.29) is 5.56 Å². The van der Waals surface area contributed by atoms with Gasteiger partial charge in [0.25, 0.3) is 0 Å². The number of aryl methyl sites for hydroxylation is 1. The van der Waals surface area contributed by atoms with Gasteiger partial charge in [0.2, 0.25) is 0 Å². The number of hydrogen-bond donors (Lipinski definition) is 1. The van der Waals surface area contributed by atoms with E-state index in [0.29, 0.717) is 5.56 Å². The Morgan fingerprint density at radius 1 is 1.19 bits per heavy atom. The van der Waals surface area contributed by atoms with Crippen LogP contribution in [0.5, 0.6) is 0 Å². The van der Waals surface area contributed by atoms with Gasteiger partial charge in [-0.1, -0.05) is 0 Å². The first kappa shape index (κ1) is 11.2. The smallest absolute Gasteiger partial charge is 0.129 e. The van der Waals surface area contributed by atoms with E-state index in [2.05, 4.69) is 0 Å². The number of benzene rings is 1. The molecule has 0 fully saturated rings. The predicted molar refractivity (Wildman–Crippen MR) is 59.5 cm³/mol. The van der Waals surface area contributed by atoms with Crippen LogP contribution < -0.4 is 0 Å². The van der Waals surface area contributed by atoms with Crippen molar-refractivity contribution in [3.05, 3.63) is 57.3 Å². The maximum Gasteiger partial charge on any atom is 0.129 e. The fraction of sp³-hybridized carbons (Fsp3) is 0.167. The molecule has 84 valence electrons. The summed E-state index contributed by atoms with van der Waals surface area (Å²) in [5, 5.41) is 13.6. The minimum absolute atomic E-state index is 0.0264. The van der Waals surface area contributed by atoms with Gasteiger partial charge in [0.15, 0.2) is 0 Å². The monoisotopic (exact) mass is 240 g/mol. The molecule has 4 heteroatoms. The molecule has 2 rings (SSSR count). The zero-order valence-corrected chi connectivity index (χ0v) is 9.39. The lowest BCUT2D eigenvalue weighted by molar-refractivity contribution is 0.214. The van der Waals surface area contributed by atoms with Crippen LogP contribution in [0.25, 0.3) is 0 Å². The maximum atomic E-state index is 13.4. The van der Waals surface area contributed by atoms with Crippen LogP contribution >= 0.6 is 11.3 Å². The summed E-state index contributed by atoms with van der Waals surface area (Å²) >= 11 is 1.42. The summed E-state index contributed by atoms with van der Waals surface area (Å²) in [5.41, 5.74) is 1.47. The summed E-state index contributed by atoms with van der Waals surface area (Å²) in [5.74, 6) is -1.15. The van der Waals surface area contributed by atoms with Crippen molar-refractivity contribution in [2.24, 2.45) is 0 Å². The Balaban J connectivity index is 2.45. The summed E-state index contributed by atoms with van der Waals surface area (Å²) in [4.78, 5) is 0. The van der Waals surface area contributed by atoms with Crippen molar-refractivity contribution in [3.63, 3.8) is 0 Å². The van der Waals surface area contributed by atoms with E-state index in [1.54, 1.807) is 5.38 Å². The molecule has 1 atom stereocenters. The fourth-order valence-electron chi connectivity index (χ4n) is 1.54. The first-order chi connectivity index (χ1) is 7.59. The van der Waals surface area contributed by atoms with Gasteiger partial charge < -0.3 is 5.11 Å². The number of aliphatic hydroxyl groups excluding tert-OH is 1. The van der Waals surface area contributed by atoms with Crippen molar-refractivity contribution >= 4 is 11.3 Å². The molecule has 16 heavy (non-hydrogen) atoms. The first-order valence-electron chi connectivity index (χ1n) is 4.75. The number of rotatable bonds is 2. The van der Waals surface area contributed by atoms with Crippen LogP contribution in [-0.2, 0) is 0 Å². The van der Waals surface area contributed by atoms with Crippen molar-refractivity contribution in [2.75, 3.05) is 0 Å². The minimum atomic E-state index is -1.11. The molecule has 0 aliphatic carbocycles. The van der Waals surface area contributed by atoms with Crippen LogP contribution in [0.4, 0.5) is 8.78 Å².